The van der Waals surface area contributed by atoms with E-state index in [1.807, 2.05) is 23.1 Å². The van der Waals surface area contributed by atoms with Crippen LogP contribution in [0.5, 0.6) is 0 Å². The van der Waals surface area contributed by atoms with Crippen molar-refractivity contribution in [2.24, 2.45) is 17.6 Å². The number of aryl methyl sites for hydroxylation is 1. The molecule has 2 aromatic carbocycles. The Balaban J connectivity index is 0.00000342. The standard InChI is InChI=1S/C30H37N3O.ClH/c1-4-8-22-10-12-23(13-11-22)24-14-16-25(17-15-24)33(20-28(31)21(3)5-2)30(34)27-19-26(27)29-9-6-7-18-32-29;/h6-7,9-18,21,26-28H,4-5,8,19-20,31H2,1-3H3;1H/t21-,26+,27+,28+;/m0./s1. The monoisotopic (exact) mass is 491 g/mol. The van der Waals surface area contributed by atoms with Crippen molar-refractivity contribution in [1.29, 1.82) is 0 Å². The van der Waals surface area contributed by atoms with E-state index in [9.17, 15) is 4.79 Å². The third kappa shape index (κ3) is 6.50. The van der Waals surface area contributed by atoms with E-state index in [1.165, 1.54) is 11.1 Å². The summed E-state index contributed by atoms with van der Waals surface area (Å²) in [5.74, 6) is 0.690. The summed E-state index contributed by atoms with van der Waals surface area (Å²) in [6.07, 6.45) is 5.91. The van der Waals surface area contributed by atoms with E-state index in [0.717, 1.165) is 42.6 Å². The van der Waals surface area contributed by atoms with Crippen LogP contribution in [-0.2, 0) is 11.2 Å². The molecule has 1 aromatic heterocycles. The Bertz CT molecular complexity index is 1070. The number of aromatic nitrogens is 1. The van der Waals surface area contributed by atoms with Gasteiger partial charge in [-0.2, -0.15) is 0 Å². The van der Waals surface area contributed by atoms with E-state index in [4.69, 9.17) is 5.73 Å². The van der Waals surface area contributed by atoms with Gasteiger partial charge in [0.05, 0.1) is 0 Å². The summed E-state index contributed by atoms with van der Waals surface area (Å²) < 4.78 is 0. The number of nitrogens with two attached hydrogens (primary N) is 1. The molecule has 0 unspecified atom stereocenters. The average molecular weight is 492 g/mol. The Kier molecular flexibility index (Phi) is 9.47. The highest BCUT2D eigenvalue weighted by atomic mass is 35.5. The summed E-state index contributed by atoms with van der Waals surface area (Å²) in [6.45, 7) is 7.04. The molecule has 1 amide bonds. The van der Waals surface area contributed by atoms with Crippen LogP contribution < -0.4 is 10.6 Å². The fourth-order valence-electron chi connectivity index (χ4n) is 4.59. The maximum Gasteiger partial charge on any atom is 0.230 e. The fraction of sp³-hybridized carbons (Fsp3) is 0.400. The molecule has 0 aliphatic heterocycles. The van der Waals surface area contributed by atoms with Crippen LogP contribution in [0.1, 0.15) is 57.2 Å². The summed E-state index contributed by atoms with van der Waals surface area (Å²) in [7, 11) is 0. The number of nitrogens with zero attached hydrogens (tertiary/aromatic N) is 2. The van der Waals surface area contributed by atoms with E-state index >= 15 is 0 Å². The van der Waals surface area contributed by atoms with Crippen molar-refractivity contribution >= 4 is 24.0 Å². The molecule has 1 aliphatic rings. The summed E-state index contributed by atoms with van der Waals surface area (Å²) in [6, 6.07) is 23.0. The molecule has 35 heavy (non-hydrogen) atoms. The van der Waals surface area contributed by atoms with Crippen LogP contribution in [0.15, 0.2) is 72.9 Å². The van der Waals surface area contributed by atoms with Gasteiger partial charge in [0.25, 0.3) is 0 Å². The Morgan fingerprint density at radius 2 is 1.69 bits per heavy atom. The lowest BCUT2D eigenvalue weighted by atomic mass is 9.98. The number of carbonyl (C=O) groups excluding carboxylic acids is 1. The minimum atomic E-state index is -0.0632. The molecule has 1 fully saturated rings. The van der Waals surface area contributed by atoms with Crippen molar-refractivity contribution in [2.75, 3.05) is 11.4 Å². The molecular weight excluding hydrogens is 454 g/mol. The maximum atomic E-state index is 13.6. The van der Waals surface area contributed by atoms with Crippen LogP contribution in [0.4, 0.5) is 5.69 Å². The largest absolute Gasteiger partial charge is 0.326 e. The quantitative estimate of drug-likeness (QED) is 0.346. The first-order valence-corrected chi connectivity index (χ1v) is 12.7. The molecule has 4 nitrogen and oxygen atoms in total. The van der Waals surface area contributed by atoms with Gasteiger partial charge in [0.15, 0.2) is 0 Å². The highest BCUT2D eigenvalue weighted by Gasteiger charge is 2.47. The van der Waals surface area contributed by atoms with Crippen molar-refractivity contribution < 1.29 is 4.79 Å². The smallest absolute Gasteiger partial charge is 0.230 e. The van der Waals surface area contributed by atoms with E-state index in [2.05, 4.69) is 74.3 Å². The van der Waals surface area contributed by atoms with Gasteiger partial charge >= 0.3 is 0 Å². The second kappa shape index (κ2) is 12.3. The third-order valence-corrected chi connectivity index (χ3v) is 7.21. The highest BCUT2D eigenvalue weighted by Crippen LogP contribution is 2.48. The molecule has 3 aromatic rings. The van der Waals surface area contributed by atoms with Gasteiger partial charge in [-0.1, -0.05) is 76.1 Å². The molecule has 0 radical (unpaired) electrons. The first kappa shape index (κ1) is 26.9. The summed E-state index contributed by atoms with van der Waals surface area (Å²) in [4.78, 5) is 20.0. The summed E-state index contributed by atoms with van der Waals surface area (Å²) in [5, 5.41) is 0. The molecule has 1 saturated carbocycles. The predicted octanol–water partition coefficient (Wildman–Crippen LogP) is 6.63. The van der Waals surface area contributed by atoms with Gasteiger partial charge in [-0.15, -0.1) is 12.4 Å². The first-order chi connectivity index (χ1) is 16.5. The Morgan fingerprint density at radius 1 is 1.03 bits per heavy atom. The van der Waals surface area contributed by atoms with E-state index in [1.54, 1.807) is 6.20 Å². The fourth-order valence-corrected chi connectivity index (χ4v) is 4.59. The lowest BCUT2D eigenvalue weighted by molar-refractivity contribution is -0.120. The Labute approximate surface area is 216 Å². The zero-order valence-electron chi connectivity index (χ0n) is 21.1. The van der Waals surface area contributed by atoms with E-state index in [-0.39, 0.29) is 36.2 Å². The highest BCUT2D eigenvalue weighted by molar-refractivity contribution is 5.97. The molecule has 0 bridgehead atoms. The van der Waals surface area contributed by atoms with Crippen molar-refractivity contribution in [3.8, 4) is 11.1 Å². The summed E-state index contributed by atoms with van der Waals surface area (Å²) in [5.41, 5.74) is 12.2. The van der Waals surface area contributed by atoms with Gasteiger partial charge < -0.3 is 10.6 Å². The molecule has 4 rings (SSSR count). The molecular formula is C30H38ClN3O. The maximum absolute atomic E-state index is 13.6. The van der Waals surface area contributed by atoms with Crippen LogP contribution in [-0.4, -0.2) is 23.5 Å². The number of hydrogen-bond donors (Lipinski definition) is 1. The van der Waals surface area contributed by atoms with Crippen LogP contribution in [0.2, 0.25) is 0 Å². The van der Waals surface area contributed by atoms with Crippen LogP contribution in [0, 0.1) is 11.8 Å². The average Bonchev–Trinajstić information content (AvgIpc) is 3.69. The number of rotatable bonds is 10. The lowest BCUT2D eigenvalue weighted by Crippen LogP contribution is -2.45. The number of carbonyl (C=O) groups is 1. The SMILES string of the molecule is CCCc1ccc(-c2ccc(N(C[C@@H](N)[C@@H](C)CC)C(=O)[C@@H]3C[C@H]3c3ccccn3)cc2)cc1.Cl. The summed E-state index contributed by atoms with van der Waals surface area (Å²) >= 11 is 0. The molecule has 1 aliphatic carbocycles. The minimum absolute atomic E-state index is 0. The van der Waals surface area contributed by atoms with E-state index in [0.29, 0.717) is 12.5 Å². The van der Waals surface area contributed by atoms with Crippen LogP contribution in [0.3, 0.4) is 0 Å². The van der Waals surface area contributed by atoms with Crippen molar-refractivity contribution in [1.82, 2.24) is 4.98 Å². The van der Waals surface area contributed by atoms with Crippen LogP contribution >= 0.6 is 12.4 Å². The topological polar surface area (TPSA) is 59.2 Å². The molecule has 0 spiro atoms. The van der Waals surface area contributed by atoms with Gasteiger partial charge in [-0.05, 0) is 59.7 Å². The molecule has 5 heteroatoms. The Morgan fingerprint density at radius 3 is 2.26 bits per heavy atom. The number of benzene rings is 2. The normalized spacial score (nSPS) is 18.3. The second-order valence-electron chi connectivity index (χ2n) is 9.70. The van der Waals surface area contributed by atoms with E-state index < -0.39 is 0 Å². The van der Waals surface area contributed by atoms with Gasteiger partial charge in [-0.25, -0.2) is 0 Å². The number of hydrogen-bond acceptors (Lipinski definition) is 3. The predicted molar refractivity (Wildman–Crippen MR) is 148 cm³/mol. The lowest BCUT2D eigenvalue weighted by Gasteiger charge is -2.29. The number of amides is 1. The number of anilines is 1. The zero-order chi connectivity index (χ0) is 24.1. The number of pyridine rings is 1. The molecule has 2 N–H and O–H groups in total. The zero-order valence-corrected chi connectivity index (χ0v) is 21.9. The van der Waals surface area contributed by atoms with Crippen LogP contribution in [0.25, 0.3) is 11.1 Å². The molecule has 4 atom stereocenters. The van der Waals surface area contributed by atoms with Crippen molar-refractivity contribution in [2.45, 2.75) is 58.4 Å². The third-order valence-electron chi connectivity index (χ3n) is 7.21. The second-order valence-corrected chi connectivity index (χ2v) is 9.70. The first-order valence-electron chi connectivity index (χ1n) is 12.7. The van der Waals surface area contributed by atoms with Gasteiger partial charge in [0.2, 0.25) is 5.91 Å². The number of halogens is 1. The van der Waals surface area contributed by atoms with Crippen molar-refractivity contribution in [3.05, 3.63) is 84.2 Å². The van der Waals surface area contributed by atoms with Gasteiger partial charge in [-0.3, -0.25) is 9.78 Å². The molecule has 186 valence electrons. The molecule has 1 heterocycles. The van der Waals surface area contributed by atoms with Gasteiger partial charge in [0.1, 0.15) is 0 Å². The van der Waals surface area contributed by atoms with Gasteiger partial charge in [0, 0.05) is 42.0 Å². The Hall–Kier alpha value is -2.69. The minimum Gasteiger partial charge on any atom is -0.326 e. The molecule has 0 saturated heterocycles. The van der Waals surface area contributed by atoms with Crippen molar-refractivity contribution in [3.63, 3.8) is 0 Å².